The van der Waals surface area contributed by atoms with Crippen molar-refractivity contribution in [3.63, 3.8) is 0 Å². The van der Waals surface area contributed by atoms with E-state index in [0.29, 0.717) is 6.10 Å². The fourth-order valence-corrected chi connectivity index (χ4v) is 2.25. The summed E-state index contributed by atoms with van der Waals surface area (Å²) in [5.74, 6) is 0.925. The van der Waals surface area contributed by atoms with Crippen molar-refractivity contribution in [3.8, 4) is 0 Å². The average molecular weight is 213 g/mol. The van der Waals surface area contributed by atoms with Crippen LogP contribution in [0.1, 0.15) is 58.3 Å². The standard InChI is InChI=1S/C13H27NO/c1-12-6-8-13(9-7-12)15-11-5-3-2-4-10-14/h12-13H,2-11,14H2,1H3. The second-order valence-corrected chi connectivity index (χ2v) is 4.96. The molecule has 0 atom stereocenters. The van der Waals surface area contributed by atoms with Crippen LogP contribution in [0.3, 0.4) is 0 Å². The summed E-state index contributed by atoms with van der Waals surface area (Å²) in [5.41, 5.74) is 5.44. The number of nitrogens with two attached hydrogens (primary N) is 1. The highest BCUT2D eigenvalue weighted by atomic mass is 16.5. The molecule has 0 radical (unpaired) electrons. The fraction of sp³-hybridized carbons (Fsp3) is 1.00. The lowest BCUT2D eigenvalue weighted by atomic mass is 9.89. The van der Waals surface area contributed by atoms with Crippen LogP contribution in [0.25, 0.3) is 0 Å². The van der Waals surface area contributed by atoms with Crippen LogP contribution in [0.5, 0.6) is 0 Å². The second-order valence-electron chi connectivity index (χ2n) is 4.96. The van der Waals surface area contributed by atoms with Crippen molar-refractivity contribution in [2.45, 2.75) is 64.4 Å². The lowest BCUT2D eigenvalue weighted by Crippen LogP contribution is -2.20. The monoisotopic (exact) mass is 213 g/mol. The number of hydrogen-bond acceptors (Lipinski definition) is 2. The van der Waals surface area contributed by atoms with E-state index in [1.54, 1.807) is 0 Å². The van der Waals surface area contributed by atoms with Crippen LogP contribution in [-0.4, -0.2) is 19.3 Å². The van der Waals surface area contributed by atoms with E-state index >= 15 is 0 Å². The minimum Gasteiger partial charge on any atom is -0.378 e. The van der Waals surface area contributed by atoms with Crippen molar-refractivity contribution in [2.75, 3.05) is 13.2 Å². The molecule has 0 spiro atoms. The maximum Gasteiger partial charge on any atom is 0.0575 e. The summed E-state index contributed by atoms with van der Waals surface area (Å²) < 4.78 is 5.88. The van der Waals surface area contributed by atoms with Crippen molar-refractivity contribution in [2.24, 2.45) is 11.7 Å². The molecule has 1 saturated carbocycles. The number of unbranched alkanes of at least 4 members (excludes halogenated alkanes) is 3. The molecule has 1 fully saturated rings. The van der Waals surface area contributed by atoms with E-state index in [-0.39, 0.29) is 0 Å². The highest BCUT2D eigenvalue weighted by Crippen LogP contribution is 2.25. The molecular weight excluding hydrogens is 186 g/mol. The van der Waals surface area contributed by atoms with Gasteiger partial charge in [0.25, 0.3) is 0 Å². The Kier molecular flexibility index (Phi) is 7.03. The normalized spacial score (nSPS) is 26.8. The molecule has 15 heavy (non-hydrogen) atoms. The molecular formula is C13H27NO. The van der Waals surface area contributed by atoms with Crippen LogP contribution in [-0.2, 0) is 4.74 Å². The molecule has 0 aromatic rings. The molecule has 0 amide bonds. The number of rotatable bonds is 7. The number of ether oxygens (including phenoxy) is 1. The van der Waals surface area contributed by atoms with Gasteiger partial charge in [0.15, 0.2) is 0 Å². The minimum absolute atomic E-state index is 0.565. The van der Waals surface area contributed by atoms with Gasteiger partial charge in [0.1, 0.15) is 0 Å². The van der Waals surface area contributed by atoms with Gasteiger partial charge in [0, 0.05) is 6.61 Å². The summed E-state index contributed by atoms with van der Waals surface area (Å²) in [7, 11) is 0. The molecule has 0 heterocycles. The summed E-state index contributed by atoms with van der Waals surface area (Å²) in [4.78, 5) is 0. The Labute approximate surface area is 94.6 Å². The quantitative estimate of drug-likeness (QED) is 0.660. The highest BCUT2D eigenvalue weighted by molar-refractivity contribution is 4.69. The molecule has 0 unspecified atom stereocenters. The van der Waals surface area contributed by atoms with Gasteiger partial charge in [-0.2, -0.15) is 0 Å². The second kappa shape index (κ2) is 8.12. The van der Waals surface area contributed by atoms with E-state index in [4.69, 9.17) is 10.5 Å². The molecule has 0 saturated heterocycles. The Hall–Kier alpha value is -0.0800. The van der Waals surface area contributed by atoms with Crippen molar-refractivity contribution < 1.29 is 4.74 Å². The van der Waals surface area contributed by atoms with Gasteiger partial charge in [-0.05, 0) is 51.0 Å². The Morgan fingerprint density at radius 3 is 2.33 bits per heavy atom. The smallest absolute Gasteiger partial charge is 0.0575 e. The topological polar surface area (TPSA) is 35.2 Å². The fourth-order valence-electron chi connectivity index (χ4n) is 2.25. The van der Waals surface area contributed by atoms with Gasteiger partial charge < -0.3 is 10.5 Å². The van der Waals surface area contributed by atoms with E-state index in [2.05, 4.69) is 6.92 Å². The van der Waals surface area contributed by atoms with Crippen LogP contribution < -0.4 is 5.73 Å². The lowest BCUT2D eigenvalue weighted by molar-refractivity contribution is 0.0179. The first-order valence-electron chi connectivity index (χ1n) is 6.64. The minimum atomic E-state index is 0.565. The highest BCUT2D eigenvalue weighted by Gasteiger charge is 2.17. The zero-order chi connectivity index (χ0) is 10.9. The summed E-state index contributed by atoms with van der Waals surface area (Å²) in [6, 6.07) is 0. The predicted octanol–water partition coefficient (Wildman–Crippen LogP) is 3.10. The van der Waals surface area contributed by atoms with Gasteiger partial charge in [0.2, 0.25) is 0 Å². The first-order chi connectivity index (χ1) is 7.33. The maximum absolute atomic E-state index is 5.88. The van der Waals surface area contributed by atoms with Gasteiger partial charge in [0.05, 0.1) is 6.10 Å². The molecule has 1 aliphatic carbocycles. The third kappa shape index (κ3) is 6.16. The van der Waals surface area contributed by atoms with Crippen molar-refractivity contribution in [1.82, 2.24) is 0 Å². The van der Waals surface area contributed by atoms with E-state index in [9.17, 15) is 0 Å². The molecule has 2 N–H and O–H groups in total. The third-order valence-electron chi connectivity index (χ3n) is 3.41. The molecule has 0 aromatic carbocycles. The van der Waals surface area contributed by atoms with Crippen LogP contribution in [0.15, 0.2) is 0 Å². The van der Waals surface area contributed by atoms with Crippen molar-refractivity contribution in [1.29, 1.82) is 0 Å². The van der Waals surface area contributed by atoms with Crippen LogP contribution in [0, 0.1) is 5.92 Å². The lowest BCUT2D eigenvalue weighted by Gasteiger charge is -2.26. The molecule has 0 aromatic heterocycles. The van der Waals surface area contributed by atoms with E-state index in [1.165, 1.54) is 51.4 Å². The Morgan fingerprint density at radius 2 is 1.67 bits per heavy atom. The van der Waals surface area contributed by atoms with Crippen molar-refractivity contribution >= 4 is 0 Å². The van der Waals surface area contributed by atoms with Gasteiger partial charge in [-0.25, -0.2) is 0 Å². The molecule has 1 aliphatic rings. The van der Waals surface area contributed by atoms with Gasteiger partial charge in [-0.15, -0.1) is 0 Å². The molecule has 90 valence electrons. The molecule has 0 aliphatic heterocycles. The molecule has 1 rings (SSSR count). The summed E-state index contributed by atoms with van der Waals surface area (Å²) in [6.45, 7) is 4.15. The van der Waals surface area contributed by atoms with Gasteiger partial charge in [-0.1, -0.05) is 19.8 Å². The first-order valence-corrected chi connectivity index (χ1v) is 6.64. The Balaban J connectivity index is 1.87. The summed E-state index contributed by atoms with van der Waals surface area (Å²) in [6.07, 6.45) is 10.8. The third-order valence-corrected chi connectivity index (χ3v) is 3.41. The van der Waals surface area contributed by atoms with Gasteiger partial charge in [-0.3, -0.25) is 0 Å². The van der Waals surface area contributed by atoms with Gasteiger partial charge >= 0.3 is 0 Å². The SMILES string of the molecule is CC1CCC(OCCCCCCN)CC1. The first kappa shape index (κ1) is 13.0. The molecule has 0 bridgehead atoms. The molecule has 2 heteroatoms. The van der Waals surface area contributed by atoms with E-state index in [0.717, 1.165) is 19.1 Å². The maximum atomic E-state index is 5.88. The largest absolute Gasteiger partial charge is 0.378 e. The van der Waals surface area contributed by atoms with E-state index < -0.39 is 0 Å². The Bertz CT molecular complexity index is 141. The zero-order valence-electron chi connectivity index (χ0n) is 10.2. The Morgan fingerprint density at radius 1 is 1.00 bits per heavy atom. The van der Waals surface area contributed by atoms with Crippen LogP contribution in [0.4, 0.5) is 0 Å². The average Bonchev–Trinajstić information content (AvgIpc) is 2.26. The van der Waals surface area contributed by atoms with Crippen LogP contribution in [0.2, 0.25) is 0 Å². The zero-order valence-corrected chi connectivity index (χ0v) is 10.2. The van der Waals surface area contributed by atoms with Crippen molar-refractivity contribution in [3.05, 3.63) is 0 Å². The molecule has 2 nitrogen and oxygen atoms in total. The van der Waals surface area contributed by atoms with E-state index in [1.807, 2.05) is 0 Å². The summed E-state index contributed by atoms with van der Waals surface area (Å²) >= 11 is 0. The van der Waals surface area contributed by atoms with Crippen LogP contribution >= 0.6 is 0 Å². The summed E-state index contributed by atoms with van der Waals surface area (Å²) in [5, 5.41) is 0. The predicted molar refractivity (Wildman–Crippen MR) is 64.9 cm³/mol. The number of hydrogen-bond donors (Lipinski definition) is 1.